The number of halogens is 1. The Morgan fingerprint density at radius 3 is 2.50 bits per heavy atom. The van der Waals surface area contributed by atoms with Crippen LogP contribution in [0.3, 0.4) is 0 Å². The SMILES string of the molecule is Nc1sc2ccccc2[n+]1C/C=C/c1ccccc1.[Br-]. The summed E-state index contributed by atoms with van der Waals surface area (Å²) in [5.74, 6) is 0. The van der Waals surface area contributed by atoms with Crippen molar-refractivity contribution in [2.75, 3.05) is 5.73 Å². The number of nitrogen functional groups attached to an aromatic ring is 1. The van der Waals surface area contributed by atoms with Crippen molar-refractivity contribution in [3.63, 3.8) is 0 Å². The average Bonchev–Trinajstić information content (AvgIpc) is 2.76. The van der Waals surface area contributed by atoms with Gasteiger partial charge in [-0.15, -0.1) is 0 Å². The van der Waals surface area contributed by atoms with Crippen LogP contribution >= 0.6 is 11.3 Å². The lowest BCUT2D eigenvalue weighted by molar-refractivity contribution is -0.642. The Labute approximate surface area is 132 Å². The van der Waals surface area contributed by atoms with Gasteiger partial charge in [-0.2, -0.15) is 0 Å². The van der Waals surface area contributed by atoms with E-state index in [9.17, 15) is 0 Å². The molecule has 2 nitrogen and oxygen atoms in total. The summed E-state index contributed by atoms with van der Waals surface area (Å²) in [7, 11) is 0. The summed E-state index contributed by atoms with van der Waals surface area (Å²) in [6.45, 7) is 0.796. The molecule has 20 heavy (non-hydrogen) atoms. The number of aromatic nitrogens is 1. The molecule has 0 spiro atoms. The minimum absolute atomic E-state index is 0. The van der Waals surface area contributed by atoms with Crippen molar-refractivity contribution in [1.82, 2.24) is 0 Å². The molecule has 4 heteroatoms. The smallest absolute Gasteiger partial charge is 0.332 e. The maximum atomic E-state index is 6.08. The molecule has 0 fully saturated rings. The third-order valence-corrected chi connectivity index (χ3v) is 4.03. The van der Waals surface area contributed by atoms with Gasteiger partial charge in [0.15, 0.2) is 0 Å². The maximum Gasteiger partial charge on any atom is 0.332 e. The maximum absolute atomic E-state index is 6.08. The van der Waals surface area contributed by atoms with Crippen LogP contribution in [-0.4, -0.2) is 0 Å². The summed E-state index contributed by atoms with van der Waals surface area (Å²) in [6.07, 6.45) is 4.27. The van der Waals surface area contributed by atoms with Crippen molar-refractivity contribution < 1.29 is 21.5 Å². The van der Waals surface area contributed by atoms with Crippen LogP contribution in [0.2, 0.25) is 0 Å². The first-order valence-electron chi connectivity index (χ1n) is 6.23. The van der Waals surface area contributed by atoms with Gasteiger partial charge in [0.25, 0.3) is 0 Å². The van der Waals surface area contributed by atoms with Gasteiger partial charge in [0.2, 0.25) is 0 Å². The lowest BCUT2D eigenvalue weighted by Gasteiger charge is -1.95. The zero-order chi connectivity index (χ0) is 13.1. The predicted molar refractivity (Wildman–Crippen MR) is 81.9 cm³/mol. The topological polar surface area (TPSA) is 29.9 Å². The molecule has 0 saturated heterocycles. The van der Waals surface area contributed by atoms with Crippen LogP contribution in [0.25, 0.3) is 16.3 Å². The molecule has 0 atom stereocenters. The molecular formula is C16H15BrN2S. The fourth-order valence-electron chi connectivity index (χ4n) is 2.10. The number of nitrogens with two attached hydrogens (primary N) is 1. The molecule has 2 N–H and O–H groups in total. The largest absolute Gasteiger partial charge is 1.00 e. The zero-order valence-corrected chi connectivity index (χ0v) is 13.3. The van der Waals surface area contributed by atoms with E-state index in [2.05, 4.69) is 41.0 Å². The zero-order valence-electron chi connectivity index (χ0n) is 10.9. The van der Waals surface area contributed by atoms with Crippen LogP contribution in [0.4, 0.5) is 5.13 Å². The molecule has 0 aliphatic heterocycles. The Balaban J connectivity index is 0.00000147. The van der Waals surface area contributed by atoms with Crippen LogP contribution in [0, 0.1) is 0 Å². The lowest BCUT2D eigenvalue weighted by atomic mass is 10.2. The molecule has 1 heterocycles. The normalized spacial score (nSPS) is 10.8. The molecule has 0 aliphatic carbocycles. The second-order valence-corrected chi connectivity index (χ2v) is 5.39. The van der Waals surface area contributed by atoms with Crippen molar-refractivity contribution in [1.29, 1.82) is 0 Å². The monoisotopic (exact) mass is 346 g/mol. The van der Waals surface area contributed by atoms with Crippen molar-refractivity contribution in [3.05, 3.63) is 66.2 Å². The Kier molecular flexibility index (Phi) is 4.93. The highest BCUT2D eigenvalue weighted by Gasteiger charge is 2.12. The molecule has 1 aromatic heterocycles. The van der Waals surface area contributed by atoms with Crippen LogP contribution < -0.4 is 27.3 Å². The number of benzene rings is 2. The van der Waals surface area contributed by atoms with E-state index < -0.39 is 0 Å². The van der Waals surface area contributed by atoms with Crippen LogP contribution in [0.5, 0.6) is 0 Å². The minimum Gasteiger partial charge on any atom is -1.00 e. The number of para-hydroxylation sites is 1. The van der Waals surface area contributed by atoms with Gasteiger partial charge in [-0.05, 0) is 35.1 Å². The third kappa shape index (κ3) is 3.08. The molecule has 2 aromatic carbocycles. The number of hydrogen-bond donors (Lipinski definition) is 1. The van der Waals surface area contributed by atoms with Crippen molar-refractivity contribution in [2.45, 2.75) is 6.54 Å². The summed E-state index contributed by atoms with van der Waals surface area (Å²) in [5.41, 5.74) is 8.49. The van der Waals surface area contributed by atoms with Gasteiger partial charge in [-0.1, -0.05) is 48.5 Å². The van der Waals surface area contributed by atoms with Gasteiger partial charge in [-0.25, -0.2) is 4.57 Å². The first-order valence-corrected chi connectivity index (χ1v) is 7.05. The van der Waals surface area contributed by atoms with Gasteiger partial charge in [0, 0.05) is 0 Å². The summed E-state index contributed by atoms with van der Waals surface area (Å²) in [6, 6.07) is 18.6. The number of fused-ring (bicyclic) bond motifs is 1. The van der Waals surface area contributed by atoms with Gasteiger partial charge in [-0.3, -0.25) is 5.73 Å². The Hall–Kier alpha value is -1.65. The Morgan fingerprint density at radius 1 is 1.00 bits per heavy atom. The van der Waals surface area contributed by atoms with Gasteiger partial charge >= 0.3 is 5.13 Å². The highest BCUT2D eigenvalue weighted by molar-refractivity contribution is 7.21. The van der Waals surface area contributed by atoms with E-state index in [4.69, 9.17) is 5.73 Å². The first kappa shape index (κ1) is 14.8. The Morgan fingerprint density at radius 2 is 1.70 bits per heavy atom. The fourth-order valence-corrected chi connectivity index (χ4v) is 3.04. The molecule has 0 amide bonds. The number of hydrogen-bond acceptors (Lipinski definition) is 2. The van der Waals surface area contributed by atoms with E-state index in [0.29, 0.717) is 0 Å². The third-order valence-electron chi connectivity index (χ3n) is 3.03. The number of thiazole rings is 1. The number of allylic oxidation sites excluding steroid dienone is 1. The second-order valence-electron chi connectivity index (χ2n) is 4.33. The lowest BCUT2D eigenvalue weighted by Crippen LogP contribution is -3.00. The van der Waals surface area contributed by atoms with Crippen molar-refractivity contribution in [3.8, 4) is 0 Å². The van der Waals surface area contributed by atoms with Crippen LogP contribution in [0.15, 0.2) is 60.7 Å². The molecule has 3 rings (SSSR count). The molecule has 0 aliphatic rings. The minimum atomic E-state index is 0. The summed E-state index contributed by atoms with van der Waals surface area (Å²) in [5, 5.41) is 0.846. The van der Waals surface area contributed by atoms with Crippen molar-refractivity contribution >= 4 is 32.8 Å². The highest BCUT2D eigenvalue weighted by Crippen LogP contribution is 2.21. The summed E-state index contributed by atoms with van der Waals surface area (Å²) >= 11 is 1.63. The number of anilines is 1. The van der Waals surface area contributed by atoms with E-state index in [-0.39, 0.29) is 17.0 Å². The first-order chi connectivity index (χ1) is 9.34. The van der Waals surface area contributed by atoms with E-state index in [1.54, 1.807) is 11.3 Å². The summed E-state index contributed by atoms with van der Waals surface area (Å²) < 4.78 is 3.37. The van der Waals surface area contributed by atoms with Gasteiger partial charge in [0.05, 0.1) is 4.70 Å². The summed E-state index contributed by atoms with van der Waals surface area (Å²) in [4.78, 5) is 0. The molecule has 102 valence electrons. The molecule has 0 radical (unpaired) electrons. The van der Waals surface area contributed by atoms with E-state index >= 15 is 0 Å². The quantitative estimate of drug-likeness (QED) is 0.687. The predicted octanol–water partition coefficient (Wildman–Crippen LogP) is 0.488. The molecule has 0 unspecified atom stereocenters. The Bertz CT molecular complexity index is 720. The fraction of sp³-hybridized carbons (Fsp3) is 0.0625. The number of rotatable bonds is 3. The highest BCUT2D eigenvalue weighted by atomic mass is 79.9. The molecule has 3 aromatic rings. The standard InChI is InChI=1S/C16H14N2S.BrH/c17-16-18(14-10-4-5-11-15(14)19-16)12-6-9-13-7-2-1-3-8-13;/h1-11,17H,12H2;1H/b9-6+;. The molecular weight excluding hydrogens is 332 g/mol. The van der Waals surface area contributed by atoms with Gasteiger partial charge < -0.3 is 17.0 Å². The van der Waals surface area contributed by atoms with Crippen molar-refractivity contribution in [2.24, 2.45) is 0 Å². The average molecular weight is 347 g/mol. The molecule has 0 bridgehead atoms. The van der Waals surface area contributed by atoms with Gasteiger partial charge in [0.1, 0.15) is 12.1 Å². The van der Waals surface area contributed by atoms with Crippen LogP contribution in [0.1, 0.15) is 5.56 Å². The number of nitrogens with zero attached hydrogens (tertiary/aromatic N) is 1. The van der Waals surface area contributed by atoms with E-state index in [1.165, 1.54) is 15.8 Å². The molecule has 0 saturated carbocycles. The van der Waals surface area contributed by atoms with E-state index in [0.717, 1.165) is 11.7 Å². The second kappa shape index (κ2) is 6.68. The van der Waals surface area contributed by atoms with Crippen LogP contribution in [-0.2, 0) is 6.54 Å². The van der Waals surface area contributed by atoms with E-state index in [1.807, 2.05) is 30.3 Å².